The van der Waals surface area contributed by atoms with Crippen LogP contribution in [0.15, 0.2) is 48.6 Å². The predicted octanol–water partition coefficient (Wildman–Crippen LogP) is 10.8. The highest BCUT2D eigenvalue weighted by Gasteiger charge is 2.40. The number of unbranched alkanes of at least 4 members (excludes halogenated alkanes) is 16. The van der Waals surface area contributed by atoms with Crippen LogP contribution >= 0.6 is 0 Å². The van der Waals surface area contributed by atoms with E-state index in [-0.39, 0.29) is 37.5 Å². The Morgan fingerprint density at radius 1 is 0.529 bits per heavy atom. The molecule has 0 bridgehead atoms. The summed E-state index contributed by atoms with van der Waals surface area (Å²) in [6, 6.07) is 0. The van der Waals surface area contributed by atoms with Gasteiger partial charge in [0.1, 0.15) is 0 Å². The molecule has 2 atom stereocenters. The predicted molar refractivity (Wildman–Crippen MR) is 214 cm³/mol. The number of likely N-dealkylation sites (tertiary alicyclic amines) is 1. The summed E-state index contributed by atoms with van der Waals surface area (Å²) >= 11 is 0. The molecule has 0 spiro atoms. The second-order valence-electron chi connectivity index (χ2n) is 14.6. The van der Waals surface area contributed by atoms with Gasteiger partial charge in [-0.25, -0.2) is 0 Å². The molecular formula is C44H76N2O5. The van der Waals surface area contributed by atoms with Gasteiger partial charge in [-0.2, -0.15) is 0 Å². The summed E-state index contributed by atoms with van der Waals surface area (Å²) in [6.07, 6.45) is 42.4. The second kappa shape index (κ2) is 33.2. The van der Waals surface area contributed by atoms with Gasteiger partial charge < -0.3 is 19.3 Å². The van der Waals surface area contributed by atoms with Crippen molar-refractivity contribution >= 4 is 17.8 Å². The molecule has 0 saturated carbocycles. The molecule has 1 aliphatic rings. The van der Waals surface area contributed by atoms with Crippen molar-refractivity contribution in [2.45, 2.75) is 180 Å². The lowest BCUT2D eigenvalue weighted by molar-refractivity contribution is -0.164. The summed E-state index contributed by atoms with van der Waals surface area (Å²) in [5, 5.41) is 0. The largest absolute Gasteiger partial charge is 0.456 e. The molecule has 1 aliphatic heterocycles. The third-order valence-corrected chi connectivity index (χ3v) is 9.25. The molecule has 7 nitrogen and oxygen atoms in total. The van der Waals surface area contributed by atoms with Gasteiger partial charge >= 0.3 is 11.9 Å². The van der Waals surface area contributed by atoms with Crippen molar-refractivity contribution in [2.75, 3.05) is 33.7 Å². The molecule has 0 aromatic heterocycles. The minimum atomic E-state index is -0.616. The van der Waals surface area contributed by atoms with E-state index in [0.717, 1.165) is 77.0 Å². The molecule has 292 valence electrons. The lowest BCUT2D eigenvalue weighted by Crippen LogP contribution is -2.37. The summed E-state index contributed by atoms with van der Waals surface area (Å²) in [5.41, 5.74) is 0. The molecule has 0 aliphatic carbocycles. The SMILES string of the molecule is CCCCCC=CCC=CCCCCCCCC(=O)O[C@@H]1CN(C(=O)CN(C)C)C[C@H]1OC(=O)CCCCCCCC=CCC=CCCCCC. The highest BCUT2D eigenvalue weighted by Crippen LogP contribution is 2.20. The number of amides is 1. The zero-order chi connectivity index (χ0) is 37.2. The molecule has 0 unspecified atom stereocenters. The van der Waals surface area contributed by atoms with Crippen LogP contribution in [0.1, 0.15) is 168 Å². The number of hydrogen-bond donors (Lipinski definition) is 0. The number of carbonyl (C=O) groups is 3. The summed E-state index contributed by atoms with van der Waals surface area (Å²) < 4.78 is 11.6. The summed E-state index contributed by atoms with van der Waals surface area (Å²) in [5.74, 6) is -0.605. The van der Waals surface area contributed by atoms with E-state index in [1.807, 2.05) is 19.0 Å². The van der Waals surface area contributed by atoms with Crippen LogP contribution in [0.3, 0.4) is 0 Å². The smallest absolute Gasteiger partial charge is 0.306 e. The van der Waals surface area contributed by atoms with Crippen LogP contribution < -0.4 is 0 Å². The Labute approximate surface area is 313 Å². The lowest BCUT2D eigenvalue weighted by atomic mass is 10.1. The van der Waals surface area contributed by atoms with Crippen LogP contribution in [0.2, 0.25) is 0 Å². The monoisotopic (exact) mass is 713 g/mol. The van der Waals surface area contributed by atoms with Crippen LogP contribution in [0.4, 0.5) is 0 Å². The first-order valence-corrected chi connectivity index (χ1v) is 20.8. The fourth-order valence-electron chi connectivity index (χ4n) is 6.16. The van der Waals surface area contributed by atoms with Crippen LogP contribution in [-0.4, -0.2) is 73.6 Å². The lowest BCUT2D eigenvalue weighted by Gasteiger charge is -2.19. The number of allylic oxidation sites excluding steroid dienone is 8. The van der Waals surface area contributed by atoms with Gasteiger partial charge in [-0.05, 0) is 91.1 Å². The zero-order valence-corrected chi connectivity index (χ0v) is 33.3. The molecule has 51 heavy (non-hydrogen) atoms. The maximum absolute atomic E-state index is 12.8. The van der Waals surface area contributed by atoms with Crippen LogP contribution in [0.5, 0.6) is 0 Å². The Balaban J connectivity index is 2.28. The molecule has 1 heterocycles. The molecule has 1 fully saturated rings. The van der Waals surface area contributed by atoms with E-state index in [1.165, 1.54) is 64.2 Å². The van der Waals surface area contributed by atoms with Gasteiger partial charge in [-0.3, -0.25) is 14.4 Å². The molecule has 0 aromatic rings. The number of rotatable bonds is 32. The summed E-state index contributed by atoms with van der Waals surface area (Å²) in [7, 11) is 3.69. The summed E-state index contributed by atoms with van der Waals surface area (Å²) in [4.78, 5) is 41.7. The molecule has 0 aromatic carbocycles. The van der Waals surface area contributed by atoms with E-state index in [1.54, 1.807) is 4.90 Å². The standard InChI is InChI=1S/C44H76N2O5/c1-5-7-9-11-13-15-17-19-21-23-25-27-29-31-33-35-43(48)50-40-37-46(42(47)39-45(3)4)38-41(40)51-44(49)36-34-32-30-28-26-24-22-20-18-16-14-12-10-8-6-2/h13-16,19-22,40-41H,5-12,17-18,23-39H2,1-4H3/t40-,41-/m1/s1. The molecule has 1 saturated heterocycles. The van der Waals surface area contributed by atoms with Crippen molar-refractivity contribution in [3.63, 3.8) is 0 Å². The average molecular weight is 713 g/mol. The van der Waals surface area contributed by atoms with Crippen molar-refractivity contribution < 1.29 is 23.9 Å². The van der Waals surface area contributed by atoms with Crippen LogP contribution in [0, 0.1) is 0 Å². The van der Waals surface area contributed by atoms with Crippen molar-refractivity contribution in [1.82, 2.24) is 9.80 Å². The third kappa shape index (κ3) is 27.6. The van der Waals surface area contributed by atoms with Crippen LogP contribution in [0.25, 0.3) is 0 Å². The minimum absolute atomic E-state index is 0.0537. The summed E-state index contributed by atoms with van der Waals surface area (Å²) in [6.45, 7) is 5.27. The molecule has 1 rings (SSSR count). The van der Waals surface area contributed by atoms with E-state index in [9.17, 15) is 14.4 Å². The number of carbonyl (C=O) groups excluding carboxylic acids is 3. The molecule has 0 radical (unpaired) electrons. The van der Waals surface area contributed by atoms with Gasteiger partial charge in [-0.1, -0.05) is 127 Å². The van der Waals surface area contributed by atoms with Gasteiger partial charge in [0.15, 0.2) is 12.2 Å². The van der Waals surface area contributed by atoms with Gasteiger partial charge in [0.05, 0.1) is 19.6 Å². The highest BCUT2D eigenvalue weighted by atomic mass is 16.6. The quantitative estimate of drug-likeness (QED) is 0.0393. The first kappa shape index (κ1) is 46.4. The zero-order valence-electron chi connectivity index (χ0n) is 33.3. The fourth-order valence-corrected chi connectivity index (χ4v) is 6.16. The Morgan fingerprint density at radius 3 is 1.25 bits per heavy atom. The van der Waals surface area contributed by atoms with Crippen molar-refractivity contribution in [2.24, 2.45) is 0 Å². The van der Waals surface area contributed by atoms with Crippen molar-refractivity contribution in [1.29, 1.82) is 0 Å². The van der Waals surface area contributed by atoms with E-state index >= 15 is 0 Å². The number of hydrogen-bond acceptors (Lipinski definition) is 6. The topological polar surface area (TPSA) is 76.2 Å². The van der Waals surface area contributed by atoms with Crippen molar-refractivity contribution in [3.8, 4) is 0 Å². The number of likely N-dealkylation sites (N-methyl/N-ethyl adjacent to an activating group) is 1. The Morgan fingerprint density at radius 2 is 0.882 bits per heavy atom. The Bertz CT molecular complexity index is 933. The maximum Gasteiger partial charge on any atom is 0.306 e. The van der Waals surface area contributed by atoms with Gasteiger partial charge in [0.2, 0.25) is 5.91 Å². The van der Waals surface area contributed by atoms with E-state index in [2.05, 4.69) is 62.5 Å². The van der Waals surface area contributed by atoms with E-state index in [0.29, 0.717) is 12.8 Å². The minimum Gasteiger partial charge on any atom is -0.456 e. The van der Waals surface area contributed by atoms with E-state index in [4.69, 9.17) is 9.47 Å². The first-order chi connectivity index (χ1) is 24.9. The maximum atomic E-state index is 12.8. The molecule has 0 N–H and O–H groups in total. The second-order valence-corrected chi connectivity index (χ2v) is 14.6. The van der Waals surface area contributed by atoms with Crippen molar-refractivity contribution in [3.05, 3.63) is 48.6 Å². The van der Waals surface area contributed by atoms with Gasteiger partial charge in [0, 0.05) is 12.8 Å². The molecular weight excluding hydrogens is 636 g/mol. The highest BCUT2D eigenvalue weighted by molar-refractivity contribution is 5.79. The Kier molecular flexibility index (Phi) is 30.2. The van der Waals surface area contributed by atoms with E-state index < -0.39 is 12.2 Å². The number of nitrogens with zero attached hydrogens (tertiary/aromatic N) is 2. The normalized spacial score (nSPS) is 16.5. The first-order valence-electron chi connectivity index (χ1n) is 20.8. The van der Waals surface area contributed by atoms with Crippen LogP contribution in [-0.2, 0) is 23.9 Å². The Hall–Kier alpha value is -2.67. The molecule has 7 heteroatoms. The number of esters is 2. The number of ether oxygens (including phenoxy) is 2. The van der Waals surface area contributed by atoms with Gasteiger partial charge in [-0.15, -0.1) is 0 Å². The average Bonchev–Trinajstić information content (AvgIpc) is 3.49. The molecule has 1 amide bonds. The third-order valence-electron chi connectivity index (χ3n) is 9.25. The van der Waals surface area contributed by atoms with Gasteiger partial charge in [0.25, 0.3) is 0 Å². The fraction of sp³-hybridized carbons (Fsp3) is 0.750.